The third-order valence-electron chi connectivity index (χ3n) is 2.33. The lowest BCUT2D eigenvalue weighted by molar-refractivity contribution is -0.385. The van der Waals surface area contributed by atoms with Gasteiger partial charge in [0.15, 0.2) is 0 Å². The van der Waals surface area contributed by atoms with Gasteiger partial charge in [-0.05, 0) is 39.8 Å². The molecule has 0 unspecified atom stereocenters. The minimum absolute atomic E-state index is 0.0148. The second kappa shape index (κ2) is 6.83. The van der Waals surface area contributed by atoms with Gasteiger partial charge in [0.25, 0.3) is 5.69 Å². The van der Waals surface area contributed by atoms with Crippen LogP contribution in [0.15, 0.2) is 18.2 Å². The Balaban J connectivity index is 2.53. The molecule has 0 aliphatic carbocycles. The molecule has 1 heterocycles. The number of nitrogens with one attached hydrogen (secondary N) is 1. The van der Waals surface area contributed by atoms with Crippen LogP contribution in [0.4, 0.5) is 10.5 Å². The van der Waals surface area contributed by atoms with E-state index in [0.29, 0.717) is 11.4 Å². The maximum absolute atomic E-state index is 11.4. The third kappa shape index (κ3) is 6.03. The molecule has 1 N–H and O–H groups in total. The van der Waals surface area contributed by atoms with E-state index in [-0.39, 0.29) is 12.2 Å². The van der Waals surface area contributed by atoms with Crippen molar-refractivity contribution in [1.29, 1.82) is 0 Å². The van der Waals surface area contributed by atoms with Crippen LogP contribution >= 0.6 is 0 Å². The number of nitro groups is 1. The van der Waals surface area contributed by atoms with Gasteiger partial charge >= 0.3 is 6.09 Å². The lowest BCUT2D eigenvalue weighted by atomic mass is 10.2. The fourth-order valence-electron chi connectivity index (χ4n) is 1.50. The molecule has 1 aromatic rings. The van der Waals surface area contributed by atoms with Gasteiger partial charge in [0.05, 0.1) is 10.6 Å². The third-order valence-corrected chi connectivity index (χ3v) is 2.33. The Hall–Kier alpha value is -2.44. The number of amides is 1. The molecule has 0 radical (unpaired) electrons. The molecule has 0 saturated carbocycles. The Labute approximate surface area is 123 Å². The molecule has 0 aliphatic heterocycles. The van der Waals surface area contributed by atoms with Crippen molar-refractivity contribution in [2.75, 3.05) is 6.54 Å². The van der Waals surface area contributed by atoms with Gasteiger partial charge in [-0.15, -0.1) is 0 Å². The van der Waals surface area contributed by atoms with Gasteiger partial charge in [0.1, 0.15) is 11.3 Å². The highest BCUT2D eigenvalue weighted by Gasteiger charge is 2.15. The van der Waals surface area contributed by atoms with Crippen LogP contribution in [-0.2, 0) is 4.74 Å². The first-order valence-electron chi connectivity index (χ1n) is 6.44. The van der Waals surface area contributed by atoms with Gasteiger partial charge in [0.2, 0.25) is 0 Å². The van der Waals surface area contributed by atoms with Crippen molar-refractivity contribution in [3.8, 4) is 0 Å². The van der Waals surface area contributed by atoms with Crippen LogP contribution in [-0.4, -0.2) is 28.1 Å². The van der Waals surface area contributed by atoms with E-state index in [1.807, 2.05) is 0 Å². The summed E-state index contributed by atoms with van der Waals surface area (Å²) in [5, 5.41) is 13.2. The minimum Gasteiger partial charge on any atom is -0.444 e. The summed E-state index contributed by atoms with van der Waals surface area (Å²) in [5.74, 6) is 0. The number of aryl methyl sites for hydroxylation is 1. The standard InChI is InChI=1S/C14H19N3O4/c1-10-12(17(19)20)8-7-11(16-10)6-5-9-15-13(18)21-14(2,3)4/h5-8H,9H2,1-4H3,(H,15,18). The zero-order valence-corrected chi connectivity index (χ0v) is 12.5. The van der Waals surface area contributed by atoms with Gasteiger partial charge < -0.3 is 10.1 Å². The van der Waals surface area contributed by atoms with E-state index in [2.05, 4.69) is 10.3 Å². The highest BCUT2D eigenvalue weighted by molar-refractivity contribution is 5.68. The van der Waals surface area contributed by atoms with Crippen LogP contribution < -0.4 is 5.32 Å². The Kier molecular flexibility index (Phi) is 5.40. The first-order valence-corrected chi connectivity index (χ1v) is 6.44. The monoisotopic (exact) mass is 293 g/mol. The Bertz CT molecular complexity index is 562. The summed E-state index contributed by atoms with van der Waals surface area (Å²) in [7, 11) is 0. The zero-order valence-electron chi connectivity index (χ0n) is 12.5. The summed E-state index contributed by atoms with van der Waals surface area (Å²) in [6.45, 7) is 7.21. The summed E-state index contributed by atoms with van der Waals surface area (Å²) >= 11 is 0. The number of nitrogens with zero attached hydrogens (tertiary/aromatic N) is 2. The average molecular weight is 293 g/mol. The summed E-state index contributed by atoms with van der Waals surface area (Å²) in [5.41, 5.74) is 0.385. The van der Waals surface area contributed by atoms with Crippen molar-refractivity contribution in [1.82, 2.24) is 10.3 Å². The number of hydrogen-bond acceptors (Lipinski definition) is 5. The number of alkyl carbamates (subject to hydrolysis) is 1. The smallest absolute Gasteiger partial charge is 0.407 e. The molecular weight excluding hydrogens is 274 g/mol. The first-order chi connectivity index (χ1) is 9.69. The van der Waals surface area contributed by atoms with Crippen LogP contribution in [0.3, 0.4) is 0 Å². The molecule has 114 valence electrons. The van der Waals surface area contributed by atoms with Crippen molar-refractivity contribution >= 4 is 17.9 Å². The van der Waals surface area contributed by atoms with Crippen LogP contribution in [0.1, 0.15) is 32.2 Å². The number of aromatic nitrogens is 1. The quantitative estimate of drug-likeness (QED) is 0.680. The molecule has 0 aromatic carbocycles. The van der Waals surface area contributed by atoms with Crippen LogP contribution in [0, 0.1) is 17.0 Å². The molecule has 7 nitrogen and oxygen atoms in total. The number of rotatable bonds is 4. The van der Waals surface area contributed by atoms with E-state index < -0.39 is 16.6 Å². The number of pyridine rings is 1. The van der Waals surface area contributed by atoms with Crippen molar-refractivity contribution < 1.29 is 14.5 Å². The molecule has 1 amide bonds. The topological polar surface area (TPSA) is 94.4 Å². The Morgan fingerprint density at radius 2 is 2.14 bits per heavy atom. The van der Waals surface area contributed by atoms with Crippen molar-refractivity contribution in [3.05, 3.63) is 39.7 Å². The average Bonchev–Trinajstić information content (AvgIpc) is 2.32. The highest BCUT2D eigenvalue weighted by Crippen LogP contribution is 2.15. The van der Waals surface area contributed by atoms with Crippen molar-refractivity contribution in [2.24, 2.45) is 0 Å². The van der Waals surface area contributed by atoms with Gasteiger partial charge in [0, 0.05) is 12.6 Å². The van der Waals surface area contributed by atoms with E-state index in [4.69, 9.17) is 4.74 Å². The fraction of sp³-hybridized carbons (Fsp3) is 0.429. The van der Waals surface area contributed by atoms with E-state index in [0.717, 1.165) is 0 Å². The second-order valence-electron chi connectivity index (χ2n) is 5.38. The van der Waals surface area contributed by atoms with Crippen molar-refractivity contribution in [2.45, 2.75) is 33.3 Å². The lowest BCUT2D eigenvalue weighted by Crippen LogP contribution is -2.32. The number of hydrogen-bond donors (Lipinski definition) is 1. The van der Waals surface area contributed by atoms with E-state index >= 15 is 0 Å². The summed E-state index contributed by atoms with van der Waals surface area (Å²) < 4.78 is 5.08. The predicted octanol–water partition coefficient (Wildman–Crippen LogP) is 2.84. The molecule has 0 fully saturated rings. The number of ether oxygens (including phenoxy) is 1. The molecule has 21 heavy (non-hydrogen) atoms. The maximum atomic E-state index is 11.4. The maximum Gasteiger partial charge on any atom is 0.407 e. The summed E-state index contributed by atoms with van der Waals surface area (Å²) in [6, 6.07) is 2.96. The minimum atomic E-state index is -0.537. The molecular formula is C14H19N3O4. The van der Waals surface area contributed by atoms with Crippen molar-refractivity contribution in [3.63, 3.8) is 0 Å². The molecule has 7 heteroatoms. The van der Waals surface area contributed by atoms with E-state index in [1.165, 1.54) is 6.07 Å². The van der Waals surface area contributed by atoms with Gasteiger partial charge in [-0.2, -0.15) is 0 Å². The van der Waals surface area contributed by atoms with E-state index in [1.54, 1.807) is 45.9 Å². The number of carbonyl (C=O) groups excluding carboxylic acids is 1. The molecule has 0 spiro atoms. The Morgan fingerprint density at radius 1 is 1.48 bits per heavy atom. The highest BCUT2D eigenvalue weighted by atomic mass is 16.6. The second-order valence-corrected chi connectivity index (χ2v) is 5.38. The van der Waals surface area contributed by atoms with Crippen LogP contribution in [0.2, 0.25) is 0 Å². The van der Waals surface area contributed by atoms with Crippen LogP contribution in [0.5, 0.6) is 0 Å². The molecule has 0 saturated heterocycles. The normalized spacial score (nSPS) is 11.4. The SMILES string of the molecule is Cc1nc(C=CCNC(=O)OC(C)(C)C)ccc1[N+](=O)[O-]. The molecule has 1 rings (SSSR count). The zero-order chi connectivity index (χ0) is 16.0. The summed E-state index contributed by atoms with van der Waals surface area (Å²) in [6.07, 6.45) is 2.87. The molecule has 1 aromatic heterocycles. The predicted molar refractivity (Wildman–Crippen MR) is 78.9 cm³/mol. The summed E-state index contributed by atoms with van der Waals surface area (Å²) in [4.78, 5) is 25.7. The molecule has 0 bridgehead atoms. The van der Waals surface area contributed by atoms with Gasteiger partial charge in [-0.1, -0.05) is 6.08 Å². The number of carbonyl (C=O) groups is 1. The van der Waals surface area contributed by atoms with Gasteiger partial charge in [-0.25, -0.2) is 9.78 Å². The Morgan fingerprint density at radius 3 is 2.67 bits per heavy atom. The molecule has 0 aliphatic rings. The first kappa shape index (κ1) is 16.6. The van der Waals surface area contributed by atoms with Crippen LogP contribution in [0.25, 0.3) is 6.08 Å². The lowest BCUT2D eigenvalue weighted by Gasteiger charge is -2.19. The molecule has 0 atom stereocenters. The fourth-order valence-corrected chi connectivity index (χ4v) is 1.50. The largest absolute Gasteiger partial charge is 0.444 e. The van der Waals surface area contributed by atoms with Gasteiger partial charge in [-0.3, -0.25) is 10.1 Å². The van der Waals surface area contributed by atoms with E-state index in [9.17, 15) is 14.9 Å².